The third-order valence-corrected chi connectivity index (χ3v) is 7.21. The van der Waals surface area contributed by atoms with Crippen molar-refractivity contribution in [3.63, 3.8) is 0 Å². The number of amides is 2. The summed E-state index contributed by atoms with van der Waals surface area (Å²) in [5, 5.41) is 15.5. The molecule has 170 valence electrons. The molecule has 0 aromatic carbocycles. The van der Waals surface area contributed by atoms with Gasteiger partial charge in [-0.25, -0.2) is 14.8 Å². The van der Waals surface area contributed by atoms with Crippen LogP contribution in [0.5, 0.6) is 0 Å². The van der Waals surface area contributed by atoms with E-state index in [-0.39, 0.29) is 23.3 Å². The van der Waals surface area contributed by atoms with Gasteiger partial charge in [0, 0.05) is 24.0 Å². The number of aliphatic carboxylic acids is 1. The minimum absolute atomic E-state index is 0.000392. The lowest BCUT2D eigenvalue weighted by Crippen LogP contribution is -2.20. The van der Waals surface area contributed by atoms with Gasteiger partial charge in [-0.3, -0.25) is 19.9 Å². The normalized spacial score (nSPS) is 13.6. The second-order valence-electron chi connectivity index (χ2n) is 7.45. The average molecular weight is 484 g/mol. The first-order valence-electron chi connectivity index (χ1n) is 10.4. The zero-order valence-electron chi connectivity index (χ0n) is 17.5. The highest BCUT2D eigenvalue weighted by Gasteiger charge is 2.25. The second-order valence-corrected chi connectivity index (χ2v) is 9.74. The van der Waals surface area contributed by atoms with Crippen LogP contribution in [0.4, 0.5) is 15.6 Å². The summed E-state index contributed by atoms with van der Waals surface area (Å²) in [5.41, 5.74) is 1.13. The van der Waals surface area contributed by atoms with Crippen molar-refractivity contribution in [2.24, 2.45) is 5.92 Å². The molecule has 3 N–H and O–H groups in total. The van der Waals surface area contributed by atoms with Gasteiger partial charge < -0.3 is 10.4 Å². The predicted molar refractivity (Wildman–Crippen MR) is 125 cm³/mol. The van der Waals surface area contributed by atoms with E-state index < -0.39 is 12.0 Å². The van der Waals surface area contributed by atoms with E-state index in [1.54, 1.807) is 24.4 Å². The van der Waals surface area contributed by atoms with Gasteiger partial charge in [-0.05, 0) is 37.1 Å². The third kappa shape index (κ3) is 6.14. The molecule has 1 aliphatic rings. The molecule has 1 aliphatic carbocycles. The van der Waals surface area contributed by atoms with Crippen LogP contribution in [0.25, 0.3) is 0 Å². The molecule has 1 fully saturated rings. The summed E-state index contributed by atoms with van der Waals surface area (Å²) in [7, 11) is 0. The Morgan fingerprint density at radius 3 is 2.64 bits per heavy atom. The fraction of sp³-hybridized carbons (Fsp3) is 0.273. The number of nitrogens with zero attached hydrogens (tertiary/aromatic N) is 3. The number of anilines is 2. The highest BCUT2D eigenvalue weighted by molar-refractivity contribution is 8.01. The summed E-state index contributed by atoms with van der Waals surface area (Å²) < 4.78 is 0.639. The molecule has 2 amide bonds. The largest absolute Gasteiger partial charge is 0.481 e. The smallest absolute Gasteiger partial charge is 0.325 e. The number of Topliss-reactive ketones (excluding diaryl/α,β-unsaturated/α-hetero) is 1. The van der Waals surface area contributed by atoms with Crippen molar-refractivity contribution in [3.8, 4) is 0 Å². The Morgan fingerprint density at radius 1 is 1.09 bits per heavy atom. The molecule has 3 aromatic heterocycles. The van der Waals surface area contributed by atoms with Crippen LogP contribution >= 0.6 is 23.1 Å². The van der Waals surface area contributed by atoms with Crippen LogP contribution in [-0.4, -0.2) is 37.8 Å². The number of carbonyl (C=O) groups excluding carboxylic acids is 2. The van der Waals surface area contributed by atoms with E-state index in [0.29, 0.717) is 26.3 Å². The van der Waals surface area contributed by atoms with Crippen molar-refractivity contribution in [1.82, 2.24) is 15.0 Å². The average Bonchev–Trinajstić information content (AvgIpc) is 3.44. The van der Waals surface area contributed by atoms with Gasteiger partial charge in [0.1, 0.15) is 10.7 Å². The van der Waals surface area contributed by atoms with Gasteiger partial charge >= 0.3 is 12.0 Å². The fourth-order valence-electron chi connectivity index (χ4n) is 3.53. The number of pyridine rings is 2. The fourth-order valence-corrected chi connectivity index (χ4v) is 5.58. The topological polar surface area (TPSA) is 134 Å². The van der Waals surface area contributed by atoms with Gasteiger partial charge in [-0.1, -0.05) is 42.0 Å². The second kappa shape index (κ2) is 10.5. The zero-order valence-corrected chi connectivity index (χ0v) is 19.1. The molecule has 3 heterocycles. The lowest BCUT2D eigenvalue weighted by molar-refractivity contribution is -0.136. The van der Waals surface area contributed by atoms with Crippen molar-refractivity contribution in [1.29, 1.82) is 0 Å². The number of thiazole rings is 1. The number of urea groups is 1. The van der Waals surface area contributed by atoms with Gasteiger partial charge in [0.25, 0.3) is 0 Å². The van der Waals surface area contributed by atoms with Gasteiger partial charge in [0.05, 0.1) is 16.3 Å². The summed E-state index contributed by atoms with van der Waals surface area (Å²) in [4.78, 5) is 49.0. The summed E-state index contributed by atoms with van der Waals surface area (Å²) in [5.74, 6) is -1.01. The number of hydrogen-bond acceptors (Lipinski definition) is 8. The molecule has 11 heteroatoms. The molecule has 3 aromatic rings. The first kappa shape index (κ1) is 22.9. The first-order chi connectivity index (χ1) is 16.0. The Kier molecular flexibility index (Phi) is 7.30. The molecule has 0 unspecified atom stereocenters. The number of rotatable bonds is 8. The molecule has 0 saturated heterocycles. The maximum atomic E-state index is 12.6. The van der Waals surface area contributed by atoms with E-state index in [1.807, 2.05) is 12.1 Å². The minimum Gasteiger partial charge on any atom is -0.481 e. The van der Waals surface area contributed by atoms with Gasteiger partial charge in [0.2, 0.25) is 0 Å². The molecule has 0 radical (unpaired) electrons. The number of hydrogen-bond donors (Lipinski definition) is 3. The molecule has 9 nitrogen and oxygen atoms in total. The van der Waals surface area contributed by atoms with E-state index in [1.165, 1.54) is 29.3 Å². The molecule has 0 spiro atoms. The number of carboxylic acids is 1. The van der Waals surface area contributed by atoms with E-state index in [2.05, 4.69) is 25.6 Å². The van der Waals surface area contributed by atoms with Gasteiger partial charge in [0.15, 0.2) is 10.9 Å². The number of ketones is 1. The lowest BCUT2D eigenvalue weighted by Gasteiger charge is -2.09. The summed E-state index contributed by atoms with van der Waals surface area (Å²) in [6.07, 6.45) is 6.72. The Labute approximate surface area is 198 Å². The molecular weight excluding hydrogens is 462 g/mol. The number of aromatic nitrogens is 3. The van der Waals surface area contributed by atoms with Crippen molar-refractivity contribution in [3.05, 3.63) is 54.1 Å². The van der Waals surface area contributed by atoms with Crippen molar-refractivity contribution >= 4 is 51.7 Å². The summed E-state index contributed by atoms with van der Waals surface area (Å²) >= 11 is 2.46. The van der Waals surface area contributed by atoms with Gasteiger partial charge in [-0.2, -0.15) is 0 Å². The van der Waals surface area contributed by atoms with Crippen molar-refractivity contribution in [2.45, 2.75) is 41.3 Å². The van der Waals surface area contributed by atoms with Crippen molar-refractivity contribution in [2.75, 3.05) is 10.6 Å². The van der Waals surface area contributed by atoms with Crippen LogP contribution < -0.4 is 10.6 Å². The van der Waals surface area contributed by atoms with E-state index in [0.717, 1.165) is 25.7 Å². The van der Waals surface area contributed by atoms with Crippen LogP contribution in [0, 0.1) is 5.92 Å². The lowest BCUT2D eigenvalue weighted by atomic mass is 9.99. The molecular formula is C22H21N5O4S2. The Balaban J connectivity index is 1.44. The minimum atomic E-state index is -1.02. The summed E-state index contributed by atoms with van der Waals surface area (Å²) in [6, 6.07) is 8.05. The van der Waals surface area contributed by atoms with E-state index in [9.17, 15) is 19.5 Å². The maximum absolute atomic E-state index is 12.6. The Morgan fingerprint density at radius 2 is 1.91 bits per heavy atom. The number of nitrogens with one attached hydrogen (secondary N) is 2. The quantitative estimate of drug-likeness (QED) is 0.392. The van der Waals surface area contributed by atoms with E-state index in [4.69, 9.17) is 0 Å². The number of carbonyl (C=O) groups is 3. The Hall–Kier alpha value is -3.31. The molecule has 0 bridgehead atoms. The maximum Gasteiger partial charge on any atom is 0.325 e. The SMILES string of the molecule is O=C(O)Cc1nc(NC(=O)Nc2ccnc(C(=O)C3CCCC3)c2)sc1Sc1ccccn1. The van der Waals surface area contributed by atoms with Crippen LogP contribution in [0.15, 0.2) is 52.0 Å². The van der Waals surface area contributed by atoms with Crippen LogP contribution in [0.1, 0.15) is 41.9 Å². The monoisotopic (exact) mass is 483 g/mol. The van der Waals surface area contributed by atoms with Gasteiger partial charge in [-0.15, -0.1) is 0 Å². The molecule has 0 aliphatic heterocycles. The van der Waals surface area contributed by atoms with Crippen LogP contribution in [0.2, 0.25) is 0 Å². The number of carboxylic acid groups (broad SMARTS) is 1. The standard InChI is InChI=1S/C22H21N5O4S2/c28-18(29)12-16-20(32-17-7-3-4-9-24-17)33-22(26-16)27-21(31)25-14-8-10-23-15(11-14)19(30)13-5-1-2-6-13/h3-4,7-11,13H,1-2,5-6,12H2,(H,28,29)(H2,23,25,26,27,31). The molecule has 1 saturated carbocycles. The van der Waals surface area contributed by atoms with Crippen LogP contribution in [-0.2, 0) is 11.2 Å². The van der Waals surface area contributed by atoms with Crippen molar-refractivity contribution < 1.29 is 19.5 Å². The summed E-state index contributed by atoms with van der Waals surface area (Å²) in [6.45, 7) is 0. The highest BCUT2D eigenvalue weighted by Crippen LogP contribution is 2.36. The highest BCUT2D eigenvalue weighted by atomic mass is 32.2. The molecule has 4 rings (SSSR count). The molecule has 0 atom stereocenters. The third-order valence-electron chi connectivity index (χ3n) is 5.03. The molecule has 33 heavy (non-hydrogen) atoms. The van der Waals surface area contributed by atoms with Crippen LogP contribution in [0.3, 0.4) is 0 Å². The van der Waals surface area contributed by atoms with E-state index >= 15 is 0 Å². The predicted octanol–water partition coefficient (Wildman–Crippen LogP) is 4.73. The first-order valence-corrected chi connectivity index (χ1v) is 12.0. The Bertz CT molecular complexity index is 1160. The zero-order chi connectivity index (χ0) is 23.2.